The molecule has 0 saturated heterocycles. The number of nitrogens with one attached hydrogen (secondary N) is 1. The minimum Gasteiger partial charge on any atom is -0.461 e. The molecule has 3 N–H and O–H groups in total. The van der Waals surface area contributed by atoms with Crippen molar-refractivity contribution in [3.63, 3.8) is 0 Å². The molecular formula is C7H12N6O2. The Morgan fingerprint density at radius 2 is 2.53 bits per heavy atom. The maximum atomic E-state index is 11.3. The minimum absolute atomic E-state index is 0.144. The van der Waals surface area contributed by atoms with Crippen LogP contribution in [-0.4, -0.2) is 34.7 Å². The fraction of sp³-hybridized carbons (Fsp3) is 0.429. The maximum absolute atomic E-state index is 11.3. The first kappa shape index (κ1) is 11.1. The van der Waals surface area contributed by atoms with Crippen molar-refractivity contribution in [3.05, 3.63) is 12.0 Å². The van der Waals surface area contributed by atoms with Crippen molar-refractivity contribution in [2.45, 2.75) is 6.92 Å². The number of esters is 1. The molecule has 1 rings (SSSR count). The van der Waals surface area contributed by atoms with Crippen molar-refractivity contribution in [1.29, 1.82) is 0 Å². The first-order valence-electron chi connectivity index (χ1n) is 4.25. The van der Waals surface area contributed by atoms with Gasteiger partial charge in [0.25, 0.3) is 0 Å². The Morgan fingerprint density at radius 1 is 1.80 bits per heavy atom. The van der Waals surface area contributed by atoms with Gasteiger partial charge in [0.05, 0.1) is 12.9 Å². The molecule has 0 atom stereocenters. The van der Waals surface area contributed by atoms with E-state index in [2.05, 4.69) is 20.3 Å². The molecule has 82 valence electrons. The highest BCUT2D eigenvalue weighted by atomic mass is 16.5. The summed E-state index contributed by atoms with van der Waals surface area (Å²) in [4.78, 5) is 17.7. The molecule has 0 unspecified atom stereocenters. The summed E-state index contributed by atoms with van der Waals surface area (Å²) in [6.45, 7) is 1.99. The quantitative estimate of drug-likeness (QED) is 0.325. The number of aromatic amines is 1. The number of carbonyl (C=O) groups excluding carboxylic acids is 1. The van der Waals surface area contributed by atoms with Gasteiger partial charge in [0.15, 0.2) is 5.69 Å². The summed E-state index contributed by atoms with van der Waals surface area (Å²) >= 11 is 0. The molecule has 0 aliphatic carbocycles. The Kier molecular flexibility index (Phi) is 3.75. The molecule has 1 aromatic heterocycles. The van der Waals surface area contributed by atoms with E-state index in [-0.39, 0.29) is 18.1 Å². The lowest BCUT2D eigenvalue weighted by Gasteiger charge is -2.00. The van der Waals surface area contributed by atoms with Gasteiger partial charge in [-0.2, -0.15) is 0 Å². The molecule has 0 amide bonds. The molecule has 1 heterocycles. The molecule has 0 fully saturated rings. The first-order valence-corrected chi connectivity index (χ1v) is 4.25. The van der Waals surface area contributed by atoms with Gasteiger partial charge in [-0.3, -0.25) is 0 Å². The minimum atomic E-state index is -0.524. The average Bonchev–Trinajstić information content (AvgIpc) is 2.62. The third kappa shape index (κ3) is 3.02. The molecule has 0 aromatic carbocycles. The van der Waals surface area contributed by atoms with Crippen molar-refractivity contribution in [2.75, 3.05) is 13.7 Å². The molecule has 0 aliphatic rings. The number of rotatable bonds is 4. The highest BCUT2D eigenvalue weighted by molar-refractivity contribution is 5.91. The zero-order chi connectivity index (χ0) is 11.3. The second-order valence-electron chi connectivity index (χ2n) is 2.58. The van der Waals surface area contributed by atoms with Gasteiger partial charge in [-0.05, 0) is 6.92 Å². The molecule has 0 aliphatic heterocycles. The van der Waals surface area contributed by atoms with E-state index in [1.54, 1.807) is 6.92 Å². The summed E-state index contributed by atoms with van der Waals surface area (Å²) in [5.41, 5.74) is 0.155. The highest BCUT2D eigenvalue weighted by Crippen LogP contribution is 2.14. The largest absolute Gasteiger partial charge is 0.461 e. The number of ether oxygens (including phenoxy) is 1. The number of aromatic nitrogens is 2. The standard InChI is InChI=1S/C7H12N6O2/c1-3-15-7(14)5-6(10-4-9-5)11-12-13(2)8/h4H,3,8H2,1-2H3,(H,9,10)/b12-11+. The molecule has 0 spiro atoms. The van der Waals surface area contributed by atoms with Crippen LogP contribution in [0.1, 0.15) is 17.4 Å². The molecule has 0 bridgehead atoms. The molecule has 8 heteroatoms. The van der Waals surface area contributed by atoms with Crippen molar-refractivity contribution in [3.8, 4) is 0 Å². The van der Waals surface area contributed by atoms with Gasteiger partial charge in [0.2, 0.25) is 5.82 Å². The van der Waals surface area contributed by atoms with E-state index < -0.39 is 5.97 Å². The predicted molar refractivity (Wildman–Crippen MR) is 51.0 cm³/mol. The SMILES string of the molecule is CCOC(=O)c1[nH]cnc1/N=N/N(C)N. The molecule has 15 heavy (non-hydrogen) atoms. The third-order valence-electron chi connectivity index (χ3n) is 1.38. The number of nitrogens with two attached hydrogens (primary N) is 1. The van der Waals surface area contributed by atoms with Crippen LogP contribution in [0.25, 0.3) is 0 Å². The summed E-state index contributed by atoms with van der Waals surface area (Å²) in [7, 11) is 1.50. The van der Waals surface area contributed by atoms with E-state index >= 15 is 0 Å². The van der Waals surface area contributed by atoms with Crippen LogP contribution in [0.5, 0.6) is 0 Å². The Hall–Kier alpha value is -1.96. The normalized spacial score (nSPS) is 10.6. The topological polar surface area (TPSA) is 109 Å². The maximum Gasteiger partial charge on any atom is 0.358 e. The van der Waals surface area contributed by atoms with Crippen LogP contribution in [0.3, 0.4) is 0 Å². The van der Waals surface area contributed by atoms with Gasteiger partial charge in [0, 0.05) is 7.05 Å². The van der Waals surface area contributed by atoms with Crippen molar-refractivity contribution >= 4 is 11.8 Å². The second-order valence-corrected chi connectivity index (χ2v) is 2.58. The Morgan fingerprint density at radius 3 is 3.13 bits per heavy atom. The first-order chi connectivity index (χ1) is 7.15. The lowest BCUT2D eigenvalue weighted by atomic mass is 10.4. The van der Waals surface area contributed by atoms with Gasteiger partial charge in [-0.1, -0.05) is 5.22 Å². The molecule has 1 aromatic rings. The van der Waals surface area contributed by atoms with E-state index in [1.807, 2.05) is 0 Å². The zero-order valence-electron chi connectivity index (χ0n) is 8.47. The van der Waals surface area contributed by atoms with Crippen LogP contribution in [0.4, 0.5) is 5.82 Å². The van der Waals surface area contributed by atoms with Gasteiger partial charge in [0.1, 0.15) is 0 Å². The average molecular weight is 212 g/mol. The molecule has 0 saturated carbocycles. The summed E-state index contributed by atoms with van der Waals surface area (Å²) in [6.07, 6.45) is 1.33. The monoisotopic (exact) mass is 212 g/mol. The van der Waals surface area contributed by atoms with E-state index in [1.165, 1.54) is 13.4 Å². The van der Waals surface area contributed by atoms with E-state index in [0.717, 1.165) is 5.12 Å². The van der Waals surface area contributed by atoms with Crippen molar-refractivity contribution in [2.24, 2.45) is 16.2 Å². The van der Waals surface area contributed by atoms with Crippen LogP contribution >= 0.6 is 0 Å². The number of H-pyrrole nitrogens is 1. The van der Waals surface area contributed by atoms with Gasteiger partial charge < -0.3 is 9.72 Å². The van der Waals surface area contributed by atoms with E-state index in [0.29, 0.717) is 0 Å². The van der Waals surface area contributed by atoms with Crippen LogP contribution < -0.4 is 5.84 Å². The zero-order valence-corrected chi connectivity index (χ0v) is 8.47. The molecule has 0 radical (unpaired) electrons. The molecule has 8 nitrogen and oxygen atoms in total. The van der Waals surface area contributed by atoms with Crippen molar-refractivity contribution in [1.82, 2.24) is 15.1 Å². The fourth-order valence-electron chi connectivity index (χ4n) is 0.829. The van der Waals surface area contributed by atoms with Gasteiger partial charge in [-0.15, -0.1) is 5.11 Å². The van der Waals surface area contributed by atoms with Crippen molar-refractivity contribution < 1.29 is 9.53 Å². The number of hydrogen-bond acceptors (Lipinski definition) is 6. The summed E-state index contributed by atoms with van der Waals surface area (Å²) in [5.74, 6) is 4.83. The predicted octanol–water partition coefficient (Wildman–Crippen LogP) is 0.391. The van der Waals surface area contributed by atoms with Gasteiger partial charge >= 0.3 is 5.97 Å². The van der Waals surface area contributed by atoms with Crippen LogP contribution in [-0.2, 0) is 4.74 Å². The van der Waals surface area contributed by atoms with E-state index in [4.69, 9.17) is 10.6 Å². The second kappa shape index (κ2) is 5.05. The summed E-state index contributed by atoms with van der Waals surface area (Å²) in [5, 5.41) is 8.17. The highest BCUT2D eigenvalue weighted by Gasteiger charge is 2.14. The van der Waals surface area contributed by atoms with Crippen LogP contribution in [0.2, 0.25) is 0 Å². The number of hydrazine groups is 1. The summed E-state index contributed by atoms with van der Waals surface area (Å²) < 4.78 is 4.78. The lowest BCUT2D eigenvalue weighted by Crippen LogP contribution is -2.17. The number of hydrogen-bond donors (Lipinski definition) is 2. The lowest BCUT2D eigenvalue weighted by molar-refractivity contribution is 0.0521. The van der Waals surface area contributed by atoms with E-state index in [9.17, 15) is 4.79 Å². The summed E-state index contributed by atoms with van der Waals surface area (Å²) in [6, 6.07) is 0. The Bertz CT molecular complexity index is 358. The van der Waals surface area contributed by atoms with Gasteiger partial charge in [-0.25, -0.2) is 20.7 Å². The van der Waals surface area contributed by atoms with Crippen LogP contribution in [0.15, 0.2) is 16.7 Å². The van der Waals surface area contributed by atoms with Crippen LogP contribution in [0, 0.1) is 0 Å². The molecular weight excluding hydrogens is 200 g/mol. The number of carbonyl (C=O) groups is 1. The number of nitrogens with zero attached hydrogens (tertiary/aromatic N) is 4. The Balaban J connectivity index is 2.82. The third-order valence-corrected chi connectivity index (χ3v) is 1.38. The number of imidazole rings is 1. The Labute approximate surface area is 86.1 Å². The fourth-order valence-corrected chi connectivity index (χ4v) is 0.829. The smallest absolute Gasteiger partial charge is 0.358 e.